The number of imidazole rings is 1. The number of hydrogen-bond acceptors (Lipinski definition) is 8. The molecule has 11 heteroatoms. The average Bonchev–Trinajstić information content (AvgIpc) is 2.88. The highest BCUT2D eigenvalue weighted by molar-refractivity contribution is 6.11. The Hall–Kier alpha value is -3.24. The number of amides is 2. The van der Waals surface area contributed by atoms with Gasteiger partial charge >= 0.3 is 18.2 Å². The zero-order valence-electron chi connectivity index (χ0n) is 15.9. The first-order chi connectivity index (χ1) is 12.3. The van der Waals surface area contributed by atoms with Gasteiger partial charge < -0.3 is 14.6 Å². The minimum atomic E-state index is -1.28. The molecule has 0 radical (unpaired) electrons. The number of carboxylic acids is 1. The maximum atomic E-state index is 12.7. The second-order valence-corrected chi connectivity index (χ2v) is 7.56. The van der Waals surface area contributed by atoms with Gasteiger partial charge in [0.15, 0.2) is 17.2 Å². The minimum Gasteiger partial charge on any atom is -0.476 e. The van der Waals surface area contributed by atoms with Crippen LogP contribution in [-0.2, 0) is 9.47 Å². The van der Waals surface area contributed by atoms with Crippen LogP contribution in [0, 0.1) is 0 Å². The Morgan fingerprint density at radius 2 is 1.52 bits per heavy atom. The van der Waals surface area contributed by atoms with Crippen molar-refractivity contribution in [3.05, 3.63) is 18.2 Å². The van der Waals surface area contributed by atoms with Crippen molar-refractivity contribution in [1.29, 1.82) is 0 Å². The minimum absolute atomic E-state index is 0.119. The predicted molar refractivity (Wildman–Crippen MR) is 92.7 cm³/mol. The van der Waals surface area contributed by atoms with Gasteiger partial charge in [-0.15, -0.1) is 0 Å². The quantitative estimate of drug-likeness (QED) is 0.834. The van der Waals surface area contributed by atoms with Gasteiger partial charge in [0.1, 0.15) is 17.5 Å². The number of aromatic nitrogens is 4. The summed E-state index contributed by atoms with van der Waals surface area (Å²) in [6.45, 7) is 9.78. The smallest absolute Gasteiger partial charge is 0.425 e. The zero-order chi connectivity index (χ0) is 20.6. The number of nitrogens with zero attached hydrogens (tertiary/aromatic N) is 5. The molecule has 2 amide bonds. The number of hydrogen-bond donors (Lipinski definition) is 1. The van der Waals surface area contributed by atoms with E-state index in [1.165, 1.54) is 0 Å². The number of rotatable bonds is 2. The molecule has 11 nitrogen and oxygen atoms in total. The molecule has 0 saturated carbocycles. The molecule has 2 heterocycles. The van der Waals surface area contributed by atoms with E-state index in [4.69, 9.17) is 9.47 Å². The van der Waals surface area contributed by atoms with Gasteiger partial charge in [-0.1, -0.05) is 0 Å². The third-order valence-electron chi connectivity index (χ3n) is 2.87. The number of imide groups is 1. The van der Waals surface area contributed by atoms with Gasteiger partial charge in [-0.05, 0) is 41.5 Å². The summed E-state index contributed by atoms with van der Waals surface area (Å²) in [5.74, 6) is -1.55. The van der Waals surface area contributed by atoms with Gasteiger partial charge in [0.25, 0.3) is 0 Å². The van der Waals surface area contributed by atoms with Crippen LogP contribution >= 0.6 is 0 Å². The Labute approximate surface area is 154 Å². The van der Waals surface area contributed by atoms with Crippen LogP contribution in [0.3, 0.4) is 0 Å². The number of carbonyl (C=O) groups is 3. The summed E-state index contributed by atoms with van der Waals surface area (Å²) < 4.78 is 11.5. The Kier molecular flexibility index (Phi) is 5.07. The summed E-state index contributed by atoms with van der Waals surface area (Å²) in [5.41, 5.74) is -2.18. The molecular formula is C16H21N5O6. The van der Waals surface area contributed by atoms with Gasteiger partial charge in [0.2, 0.25) is 0 Å². The fraction of sp³-hybridized carbons (Fsp3) is 0.500. The summed E-state index contributed by atoms with van der Waals surface area (Å²) in [7, 11) is 0. The summed E-state index contributed by atoms with van der Waals surface area (Å²) in [5, 5.41) is 13.0. The van der Waals surface area contributed by atoms with Crippen LogP contribution in [0.2, 0.25) is 0 Å². The molecule has 0 aliphatic heterocycles. The van der Waals surface area contributed by atoms with Crippen LogP contribution in [0.25, 0.3) is 5.65 Å². The number of carboxylic acid groups (broad SMARTS) is 1. The molecule has 2 rings (SSSR count). The lowest BCUT2D eigenvalue weighted by molar-refractivity contribution is 0.0428. The number of ether oxygens (including phenoxy) is 2. The SMILES string of the molecule is CC(C)(C)OC(=O)N(C(=O)OC(C)(C)C)c1ncnn2c(C(=O)O)cnc12. The molecule has 2 aromatic rings. The second-order valence-electron chi connectivity index (χ2n) is 7.56. The Morgan fingerprint density at radius 1 is 1.00 bits per heavy atom. The van der Waals surface area contributed by atoms with Crippen molar-refractivity contribution in [2.24, 2.45) is 0 Å². The van der Waals surface area contributed by atoms with E-state index >= 15 is 0 Å². The molecule has 146 valence electrons. The van der Waals surface area contributed by atoms with Crippen LogP contribution in [0.5, 0.6) is 0 Å². The summed E-state index contributed by atoms with van der Waals surface area (Å²) in [4.78, 5) is 45.0. The van der Waals surface area contributed by atoms with Crippen molar-refractivity contribution in [2.75, 3.05) is 4.90 Å². The third-order valence-corrected chi connectivity index (χ3v) is 2.87. The lowest BCUT2D eigenvalue weighted by Gasteiger charge is -2.27. The molecule has 0 saturated heterocycles. The van der Waals surface area contributed by atoms with Crippen molar-refractivity contribution in [1.82, 2.24) is 19.6 Å². The van der Waals surface area contributed by atoms with Crippen molar-refractivity contribution < 1.29 is 29.0 Å². The van der Waals surface area contributed by atoms with Crippen LogP contribution in [0.4, 0.5) is 15.4 Å². The van der Waals surface area contributed by atoms with Crippen LogP contribution < -0.4 is 4.90 Å². The maximum absolute atomic E-state index is 12.7. The van der Waals surface area contributed by atoms with Crippen LogP contribution in [0.1, 0.15) is 52.0 Å². The maximum Gasteiger partial charge on any atom is 0.425 e. The molecule has 0 unspecified atom stereocenters. The molecule has 2 aromatic heterocycles. The Bertz CT molecular complexity index is 865. The summed E-state index contributed by atoms with van der Waals surface area (Å²) in [6.07, 6.45) is -0.0504. The molecule has 0 aliphatic carbocycles. The molecule has 0 bridgehead atoms. The van der Waals surface area contributed by atoms with E-state index in [-0.39, 0.29) is 17.2 Å². The van der Waals surface area contributed by atoms with Gasteiger partial charge in [-0.2, -0.15) is 10.00 Å². The average molecular weight is 379 g/mol. The number of aromatic carboxylic acids is 1. The monoisotopic (exact) mass is 379 g/mol. The van der Waals surface area contributed by atoms with Crippen LogP contribution in [-0.4, -0.2) is 54.0 Å². The van der Waals surface area contributed by atoms with E-state index in [0.717, 1.165) is 17.0 Å². The molecule has 27 heavy (non-hydrogen) atoms. The highest BCUT2D eigenvalue weighted by Gasteiger charge is 2.35. The molecule has 1 N–H and O–H groups in total. The van der Waals surface area contributed by atoms with E-state index < -0.39 is 29.4 Å². The fourth-order valence-electron chi connectivity index (χ4n) is 1.97. The summed E-state index contributed by atoms with van der Waals surface area (Å²) in [6, 6.07) is 0. The number of fused-ring (bicyclic) bond motifs is 1. The molecule has 0 aromatic carbocycles. The van der Waals surface area contributed by atoms with E-state index in [0.29, 0.717) is 4.90 Å². The predicted octanol–water partition coefficient (Wildman–Crippen LogP) is 2.50. The van der Waals surface area contributed by atoms with Crippen molar-refractivity contribution >= 4 is 29.6 Å². The van der Waals surface area contributed by atoms with E-state index in [1.54, 1.807) is 41.5 Å². The fourth-order valence-corrected chi connectivity index (χ4v) is 1.97. The first kappa shape index (κ1) is 20.1. The lowest BCUT2D eigenvalue weighted by Crippen LogP contribution is -2.44. The van der Waals surface area contributed by atoms with E-state index in [1.807, 2.05) is 0 Å². The van der Waals surface area contributed by atoms with Gasteiger partial charge in [0, 0.05) is 0 Å². The number of carbonyl (C=O) groups excluding carboxylic acids is 2. The molecule has 0 spiro atoms. The zero-order valence-corrected chi connectivity index (χ0v) is 15.9. The first-order valence-corrected chi connectivity index (χ1v) is 7.98. The highest BCUT2D eigenvalue weighted by Crippen LogP contribution is 2.23. The highest BCUT2D eigenvalue weighted by atomic mass is 16.6. The molecule has 0 fully saturated rings. The van der Waals surface area contributed by atoms with Crippen molar-refractivity contribution in [2.45, 2.75) is 52.7 Å². The van der Waals surface area contributed by atoms with Crippen molar-refractivity contribution in [3.63, 3.8) is 0 Å². The Morgan fingerprint density at radius 3 is 1.96 bits per heavy atom. The molecular weight excluding hydrogens is 358 g/mol. The summed E-state index contributed by atoms with van der Waals surface area (Å²) >= 11 is 0. The first-order valence-electron chi connectivity index (χ1n) is 7.98. The standard InChI is InChI=1S/C16H21N5O6/c1-15(2,3)26-13(24)20(14(25)27-16(4,5)6)10-11-17-7-9(12(22)23)21(11)19-8-18-10/h7-8H,1-6H3,(H,22,23). The molecule has 0 atom stereocenters. The second kappa shape index (κ2) is 6.82. The molecule has 0 aliphatic rings. The van der Waals surface area contributed by atoms with Crippen molar-refractivity contribution in [3.8, 4) is 0 Å². The Balaban J connectivity index is 2.60. The largest absolute Gasteiger partial charge is 0.476 e. The normalized spacial score (nSPS) is 11.9. The van der Waals surface area contributed by atoms with Gasteiger partial charge in [-0.25, -0.2) is 28.9 Å². The lowest BCUT2D eigenvalue weighted by atomic mass is 10.2. The van der Waals surface area contributed by atoms with E-state index in [9.17, 15) is 19.5 Å². The van der Waals surface area contributed by atoms with Crippen LogP contribution in [0.15, 0.2) is 12.5 Å². The number of anilines is 1. The third kappa shape index (κ3) is 4.68. The van der Waals surface area contributed by atoms with E-state index in [2.05, 4.69) is 15.1 Å². The van der Waals surface area contributed by atoms with Gasteiger partial charge in [-0.3, -0.25) is 0 Å². The van der Waals surface area contributed by atoms with Gasteiger partial charge in [0.05, 0.1) is 6.20 Å². The topological polar surface area (TPSA) is 136 Å².